The first kappa shape index (κ1) is 37.9. The zero-order valence-electron chi connectivity index (χ0n) is 23.6. The van der Waals surface area contributed by atoms with Crippen molar-refractivity contribution in [2.75, 3.05) is 11.9 Å². The van der Waals surface area contributed by atoms with Gasteiger partial charge in [-0.25, -0.2) is 0 Å². The van der Waals surface area contributed by atoms with E-state index in [0.29, 0.717) is 5.92 Å². The van der Waals surface area contributed by atoms with Crippen molar-refractivity contribution < 1.29 is 74.8 Å². The molecule has 0 amide bonds. The van der Waals surface area contributed by atoms with Gasteiger partial charge in [0.25, 0.3) is 0 Å². The largest absolute Gasteiger partial charge is 1.00 e. The molecule has 0 aliphatic rings. The molecule has 2 N–H and O–H groups in total. The summed E-state index contributed by atoms with van der Waals surface area (Å²) in [4.78, 5) is 15.4. The van der Waals surface area contributed by atoms with Crippen LogP contribution < -0.4 is 61.4 Å². The number of nitrogens with zero attached hydrogens (tertiary/aromatic N) is 1. The standard InChI is InChI=1S/C20H25F2N2O.C8H14O2.CH3.K/c1-5-15(6-2)13-18-14(3)11-12-23-19(18)24-16-7-9-17(10-8-16)25-20(4,21)22;1-3-7(2)8(10)5-4-6-9;;/h7-13,15H,5-6H2,1-4H3,(H,23,24);4-5,7,9H,3,6H2,1-2H3;1H3;/q-1;;-1;+1/b;5-4+;;. The smallest absolute Gasteiger partial charge is 0.433 e. The van der Waals surface area contributed by atoms with Gasteiger partial charge in [0.15, 0.2) is 5.78 Å². The number of allylic oxidation sites excluding steroid dienone is 1. The van der Waals surface area contributed by atoms with Crippen LogP contribution in [0.25, 0.3) is 0 Å². The van der Waals surface area contributed by atoms with Gasteiger partial charge in [0.05, 0.1) is 6.61 Å². The Morgan fingerprint density at radius 2 is 1.76 bits per heavy atom. The molecule has 202 valence electrons. The van der Waals surface area contributed by atoms with Crippen LogP contribution in [0.2, 0.25) is 0 Å². The van der Waals surface area contributed by atoms with Crippen LogP contribution in [0.15, 0.2) is 48.7 Å². The van der Waals surface area contributed by atoms with Gasteiger partial charge in [0.1, 0.15) is 5.75 Å². The molecule has 0 aliphatic carbocycles. The molecule has 1 aromatic carbocycles. The van der Waals surface area contributed by atoms with Gasteiger partial charge < -0.3 is 27.6 Å². The first-order chi connectivity index (χ1) is 16.5. The Bertz CT molecular complexity index is 928. The average Bonchev–Trinajstić information content (AvgIpc) is 2.82. The van der Waals surface area contributed by atoms with E-state index >= 15 is 0 Å². The van der Waals surface area contributed by atoms with Crippen molar-refractivity contribution in [1.29, 1.82) is 0 Å². The van der Waals surface area contributed by atoms with Crippen molar-refractivity contribution in [3.05, 3.63) is 73.7 Å². The van der Waals surface area contributed by atoms with Crippen LogP contribution in [0.3, 0.4) is 0 Å². The molecule has 8 heteroatoms. The minimum atomic E-state index is -3.19. The number of aryl methyl sites for hydroxylation is 1. The summed E-state index contributed by atoms with van der Waals surface area (Å²) < 4.78 is 30.3. The number of benzene rings is 1. The maximum absolute atomic E-state index is 12.9. The van der Waals surface area contributed by atoms with E-state index < -0.39 is 6.11 Å². The Kier molecular flexibility index (Phi) is 20.2. The first-order valence-corrected chi connectivity index (χ1v) is 12.1. The van der Waals surface area contributed by atoms with Gasteiger partial charge in [-0.1, -0.05) is 65.5 Å². The fraction of sp³-hybridized carbons (Fsp3) is 0.448. The van der Waals surface area contributed by atoms with Gasteiger partial charge in [0, 0.05) is 30.5 Å². The number of aliphatic hydroxyl groups is 1. The third kappa shape index (κ3) is 15.0. The molecule has 1 aromatic heterocycles. The maximum Gasteiger partial charge on any atom is 1.00 e. The Morgan fingerprint density at radius 1 is 1.16 bits per heavy atom. The number of ether oxygens (including phenoxy) is 1. The van der Waals surface area contributed by atoms with Gasteiger partial charge in [-0.3, -0.25) is 4.79 Å². The SMILES string of the molecule is CCC(C)C(=O)/C=C/CO.CCC([CH-]c1c(C)ccnc1Nc1ccc(OC(C)(F)F)cc1)CC.[CH3-].[K+]. The number of halogens is 2. The van der Waals surface area contributed by atoms with E-state index in [9.17, 15) is 13.6 Å². The summed E-state index contributed by atoms with van der Waals surface area (Å²) in [6.45, 7) is 10.9. The van der Waals surface area contributed by atoms with Crippen LogP contribution in [0, 0.1) is 32.6 Å². The molecular weight excluding hydrogens is 501 g/mol. The van der Waals surface area contributed by atoms with Crippen molar-refractivity contribution in [3.63, 3.8) is 0 Å². The number of carbonyl (C=O) groups is 1. The number of pyridine rings is 1. The van der Waals surface area contributed by atoms with Crippen LogP contribution in [-0.4, -0.2) is 28.6 Å². The van der Waals surface area contributed by atoms with E-state index in [1.807, 2.05) is 19.9 Å². The molecule has 2 aromatic rings. The Labute approximate surface area is 264 Å². The Hall–Kier alpha value is -1.29. The molecule has 2 rings (SSSR count). The molecule has 0 bridgehead atoms. The van der Waals surface area contributed by atoms with Gasteiger partial charge in [-0.2, -0.15) is 15.2 Å². The number of nitrogens with one attached hydrogen (secondary N) is 1. The number of carbonyl (C=O) groups excluding carboxylic acids is 1. The molecule has 0 radical (unpaired) electrons. The Morgan fingerprint density at radius 3 is 2.24 bits per heavy atom. The van der Waals surface area contributed by atoms with E-state index in [0.717, 1.165) is 48.8 Å². The van der Waals surface area contributed by atoms with Crippen LogP contribution in [-0.2, 0) is 4.79 Å². The third-order valence-corrected chi connectivity index (χ3v) is 5.56. The molecule has 37 heavy (non-hydrogen) atoms. The second-order valence-corrected chi connectivity index (χ2v) is 8.49. The first-order valence-electron chi connectivity index (χ1n) is 12.1. The monoisotopic (exact) mass is 543 g/mol. The quantitative estimate of drug-likeness (QED) is 0.230. The number of alkyl halides is 2. The van der Waals surface area contributed by atoms with Gasteiger partial charge in [-0.05, 0) is 36.8 Å². The number of aliphatic hydroxyl groups excluding tert-OH is 1. The minimum Gasteiger partial charge on any atom is -0.433 e. The summed E-state index contributed by atoms with van der Waals surface area (Å²) in [5.41, 5.74) is 3.00. The average molecular weight is 544 g/mol. The van der Waals surface area contributed by atoms with Gasteiger partial charge in [0.2, 0.25) is 0 Å². The van der Waals surface area contributed by atoms with Crippen LogP contribution in [0.5, 0.6) is 5.75 Å². The van der Waals surface area contributed by atoms with E-state index in [1.54, 1.807) is 18.3 Å². The molecule has 0 aliphatic heterocycles. The van der Waals surface area contributed by atoms with Crippen LogP contribution in [0.4, 0.5) is 20.3 Å². The third-order valence-electron chi connectivity index (χ3n) is 5.56. The predicted octanol–water partition coefficient (Wildman–Crippen LogP) is 4.72. The second kappa shape index (κ2) is 19.7. The molecule has 0 saturated carbocycles. The zero-order chi connectivity index (χ0) is 26.4. The fourth-order valence-corrected chi connectivity index (χ4v) is 3.12. The van der Waals surface area contributed by atoms with E-state index in [-0.39, 0.29) is 82.9 Å². The number of ketones is 1. The molecule has 1 atom stereocenters. The summed E-state index contributed by atoms with van der Waals surface area (Å²) in [6, 6.07) is 8.41. The molecule has 1 heterocycles. The molecule has 0 spiro atoms. The fourth-order valence-electron chi connectivity index (χ4n) is 3.12. The summed E-state index contributed by atoms with van der Waals surface area (Å²) >= 11 is 0. The van der Waals surface area contributed by atoms with Crippen LogP contribution in [0.1, 0.15) is 65.0 Å². The van der Waals surface area contributed by atoms with Crippen molar-refractivity contribution in [3.8, 4) is 5.75 Å². The number of hydrogen-bond acceptors (Lipinski definition) is 5. The van der Waals surface area contributed by atoms with Crippen molar-refractivity contribution in [1.82, 2.24) is 4.98 Å². The molecule has 1 unspecified atom stereocenters. The number of hydrogen-bond donors (Lipinski definition) is 2. The minimum absolute atomic E-state index is 0. The number of anilines is 2. The van der Waals surface area contributed by atoms with E-state index in [4.69, 9.17) is 5.11 Å². The molecule has 0 saturated heterocycles. The van der Waals surface area contributed by atoms with Crippen molar-refractivity contribution >= 4 is 17.3 Å². The summed E-state index contributed by atoms with van der Waals surface area (Å²) in [5.74, 6) is 1.56. The molecule has 5 nitrogen and oxygen atoms in total. The van der Waals surface area contributed by atoms with Crippen LogP contribution >= 0.6 is 0 Å². The predicted molar refractivity (Wildman–Crippen MR) is 145 cm³/mol. The summed E-state index contributed by atoms with van der Waals surface area (Å²) in [7, 11) is 0. The summed E-state index contributed by atoms with van der Waals surface area (Å²) in [6.07, 6.45) is 6.72. The second-order valence-electron chi connectivity index (χ2n) is 8.49. The topological polar surface area (TPSA) is 71.5 Å². The summed E-state index contributed by atoms with van der Waals surface area (Å²) in [5, 5.41) is 11.6. The molecular formula is C29H42F2KN2O3-. The normalized spacial score (nSPS) is 11.5. The van der Waals surface area contributed by atoms with E-state index in [1.165, 1.54) is 24.3 Å². The Balaban J connectivity index is 0. The molecule has 0 fully saturated rings. The number of aromatic nitrogens is 1. The van der Waals surface area contributed by atoms with E-state index in [2.05, 4.69) is 42.2 Å². The van der Waals surface area contributed by atoms with Crippen molar-refractivity contribution in [2.24, 2.45) is 11.8 Å². The maximum atomic E-state index is 12.9. The van der Waals surface area contributed by atoms with Gasteiger partial charge in [-0.15, -0.1) is 11.1 Å². The van der Waals surface area contributed by atoms with Gasteiger partial charge >= 0.3 is 57.5 Å². The zero-order valence-corrected chi connectivity index (χ0v) is 26.8. The van der Waals surface area contributed by atoms with Crippen molar-refractivity contribution in [2.45, 2.75) is 66.9 Å². The number of rotatable bonds is 12.